The smallest absolute Gasteiger partial charge is 0.201 e. The number of aromatic nitrogens is 2. The molecular weight excluding hydrogens is 473 g/mol. The molecule has 2 aliphatic rings. The Balaban J connectivity index is 1.11. The van der Waals surface area contributed by atoms with E-state index >= 15 is 0 Å². The third-order valence-corrected chi connectivity index (χ3v) is 7.76. The van der Waals surface area contributed by atoms with Crippen molar-refractivity contribution >= 4 is 28.7 Å². The molecule has 0 spiro atoms. The van der Waals surface area contributed by atoms with Gasteiger partial charge in [0, 0.05) is 25.2 Å². The van der Waals surface area contributed by atoms with Crippen molar-refractivity contribution in [3.05, 3.63) is 88.6 Å². The number of halogens is 1. The first kappa shape index (κ1) is 24.5. The molecule has 2 aromatic carbocycles. The molecule has 5 rings (SSSR count). The molecule has 1 aliphatic heterocycles. The molecule has 1 aromatic heterocycles. The van der Waals surface area contributed by atoms with E-state index in [4.69, 9.17) is 0 Å². The largest absolute Gasteiger partial charge is 0.310 e. The zero-order valence-corrected chi connectivity index (χ0v) is 20.8. The van der Waals surface area contributed by atoms with Crippen molar-refractivity contribution < 1.29 is 14.0 Å². The highest BCUT2D eigenvalue weighted by Gasteiger charge is 2.26. The second-order valence-corrected chi connectivity index (χ2v) is 10.6. The summed E-state index contributed by atoms with van der Waals surface area (Å²) in [5.74, 6) is 0.983. The lowest BCUT2D eigenvalue weighted by Gasteiger charge is -2.29. The van der Waals surface area contributed by atoms with Gasteiger partial charge in [0.2, 0.25) is 5.12 Å². The number of nitrogens with zero attached hydrogens (tertiary/aromatic N) is 2. The predicted molar refractivity (Wildman–Crippen MR) is 140 cm³/mol. The molecule has 1 aliphatic carbocycles. The van der Waals surface area contributed by atoms with Gasteiger partial charge in [0.1, 0.15) is 11.6 Å². The van der Waals surface area contributed by atoms with Crippen LogP contribution < -0.4 is 5.32 Å². The van der Waals surface area contributed by atoms with Crippen LogP contribution in [0.3, 0.4) is 0 Å². The molecule has 0 amide bonds. The van der Waals surface area contributed by atoms with Gasteiger partial charge < -0.3 is 5.32 Å². The first-order valence-electron chi connectivity index (χ1n) is 12.4. The van der Waals surface area contributed by atoms with Crippen molar-refractivity contribution in [2.75, 3.05) is 0 Å². The maximum atomic E-state index is 13.2. The van der Waals surface area contributed by atoms with Crippen LogP contribution in [-0.4, -0.2) is 26.9 Å². The standard InChI is InChI=1S/C29H28FN3O2S/c30-23-8-6-21(7-9-23)22-3-1-2-20(14-22)18-32-24-10-4-19(5-11-24)15-28-31-13-12-25(33-28)16-27-26(34)17-29(35)36-27/h1-3,6-9,12-14,16,19,24,32H,4-5,10-11,15,17-18H2/b27-16-. The second-order valence-electron chi connectivity index (χ2n) is 9.49. The van der Waals surface area contributed by atoms with Crippen LogP contribution in [0.2, 0.25) is 0 Å². The number of benzene rings is 2. The molecule has 3 aromatic rings. The first-order chi connectivity index (χ1) is 17.5. The van der Waals surface area contributed by atoms with E-state index in [-0.39, 0.29) is 23.1 Å². The van der Waals surface area contributed by atoms with Crippen LogP contribution in [0.1, 0.15) is 49.2 Å². The van der Waals surface area contributed by atoms with Gasteiger partial charge in [-0.05, 0) is 90.4 Å². The van der Waals surface area contributed by atoms with E-state index in [1.165, 1.54) is 17.7 Å². The SMILES string of the molecule is O=C1CC(=O)/C(=C/c2ccnc(CC3CCC(NCc4cccc(-c5ccc(F)cc5)c4)CC3)n2)S1. The quantitative estimate of drug-likeness (QED) is 0.328. The number of Topliss-reactive ketones (excluding diaryl/α,β-unsaturated/α-hetero) is 1. The second kappa shape index (κ2) is 11.3. The molecule has 0 bridgehead atoms. The van der Waals surface area contributed by atoms with Crippen molar-refractivity contribution in [2.24, 2.45) is 5.92 Å². The maximum absolute atomic E-state index is 13.2. The van der Waals surface area contributed by atoms with Crippen LogP contribution in [-0.2, 0) is 22.6 Å². The molecule has 184 valence electrons. The number of allylic oxidation sites excluding steroid dienone is 1. The van der Waals surface area contributed by atoms with Gasteiger partial charge in [0.05, 0.1) is 17.0 Å². The molecular formula is C29H28FN3O2S. The summed E-state index contributed by atoms with van der Waals surface area (Å²) in [5.41, 5.74) is 4.02. The Labute approximate surface area is 214 Å². The molecule has 1 saturated carbocycles. The summed E-state index contributed by atoms with van der Waals surface area (Å²) in [5, 5.41) is 3.60. The summed E-state index contributed by atoms with van der Waals surface area (Å²) in [4.78, 5) is 32.9. The van der Waals surface area contributed by atoms with Crippen LogP contribution in [0, 0.1) is 11.7 Å². The molecule has 0 atom stereocenters. The number of rotatable bonds is 7. The molecule has 7 heteroatoms. The van der Waals surface area contributed by atoms with E-state index in [1.54, 1.807) is 18.3 Å². The monoisotopic (exact) mass is 501 g/mol. The van der Waals surface area contributed by atoms with Crippen molar-refractivity contribution in [2.45, 2.75) is 51.1 Å². The minimum absolute atomic E-state index is 0.0224. The summed E-state index contributed by atoms with van der Waals surface area (Å²) in [6.07, 6.45) is 8.69. The van der Waals surface area contributed by atoms with Crippen molar-refractivity contribution in [3.63, 3.8) is 0 Å². The van der Waals surface area contributed by atoms with E-state index in [0.29, 0.717) is 22.6 Å². The number of carbonyl (C=O) groups is 2. The fourth-order valence-electron chi connectivity index (χ4n) is 4.87. The normalized spacial score (nSPS) is 21.3. The lowest BCUT2D eigenvalue weighted by molar-refractivity contribution is -0.119. The third-order valence-electron chi connectivity index (χ3n) is 6.83. The zero-order valence-electron chi connectivity index (χ0n) is 20.0. The summed E-state index contributed by atoms with van der Waals surface area (Å²) in [7, 11) is 0. The number of nitrogens with one attached hydrogen (secondary N) is 1. The number of thioether (sulfide) groups is 1. The number of hydrogen-bond donors (Lipinski definition) is 1. The summed E-state index contributed by atoms with van der Waals surface area (Å²) in [6.45, 7) is 0.809. The number of ketones is 1. The first-order valence-corrected chi connectivity index (χ1v) is 13.2. The van der Waals surface area contributed by atoms with Gasteiger partial charge in [-0.1, -0.05) is 30.3 Å². The minimum Gasteiger partial charge on any atom is -0.310 e. The van der Waals surface area contributed by atoms with Gasteiger partial charge in [-0.15, -0.1) is 0 Å². The summed E-state index contributed by atoms with van der Waals surface area (Å²) < 4.78 is 13.2. The Bertz CT molecular complexity index is 1280. The Morgan fingerprint density at radius 1 is 1.00 bits per heavy atom. The van der Waals surface area contributed by atoms with Crippen LogP contribution in [0.5, 0.6) is 0 Å². The van der Waals surface area contributed by atoms with Crippen molar-refractivity contribution in [1.82, 2.24) is 15.3 Å². The van der Waals surface area contributed by atoms with Gasteiger partial charge in [-0.25, -0.2) is 14.4 Å². The van der Waals surface area contributed by atoms with Crippen LogP contribution >= 0.6 is 11.8 Å². The average molecular weight is 502 g/mol. The topological polar surface area (TPSA) is 72.0 Å². The summed E-state index contributed by atoms with van der Waals surface area (Å²) in [6, 6.07) is 17.3. The zero-order chi connectivity index (χ0) is 24.9. The molecule has 2 fully saturated rings. The fraction of sp³-hybridized carbons (Fsp3) is 0.310. The fourth-order valence-corrected chi connectivity index (χ4v) is 5.68. The molecule has 1 N–H and O–H groups in total. The third kappa shape index (κ3) is 6.33. The van der Waals surface area contributed by atoms with E-state index in [2.05, 4.69) is 39.6 Å². The van der Waals surface area contributed by atoms with E-state index in [0.717, 1.165) is 67.4 Å². The van der Waals surface area contributed by atoms with Crippen molar-refractivity contribution in [3.8, 4) is 11.1 Å². The Kier molecular flexibility index (Phi) is 7.68. The van der Waals surface area contributed by atoms with E-state index in [1.807, 2.05) is 12.1 Å². The number of hydrogen-bond acceptors (Lipinski definition) is 6. The molecule has 0 radical (unpaired) electrons. The molecule has 36 heavy (non-hydrogen) atoms. The highest BCUT2D eigenvalue weighted by atomic mass is 32.2. The molecule has 1 saturated heterocycles. The average Bonchev–Trinajstić information content (AvgIpc) is 3.20. The maximum Gasteiger partial charge on any atom is 0.201 e. The summed E-state index contributed by atoms with van der Waals surface area (Å²) >= 11 is 1.00. The van der Waals surface area contributed by atoms with E-state index in [9.17, 15) is 14.0 Å². The van der Waals surface area contributed by atoms with Gasteiger partial charge in [0.25, 0.3) is 0 Å². The van der Waals surface area contributed by atoms with Crippen LogP contribution in [0.25, 0.3) is 17.2 Å². The van der Waals surface area contributed by atoms with Gasteiger partial charge in [-0.2, -0.15) is 0 Å². The van der Waals surface area contributed by atoms with Crippen molar-refractivity contribution in [1.29, 1.82) is 0 Å². The lowest BCUT2D eigenvalue weighted by atomic mass is 9.84. The van der Waals surface area contributed by atoms with Gasteiger partial charge in [0.15, 0.2) is 5.78 Å². The Morgan fingerprint density at radius 3 is 2.56 bits per heavy atom. The van der Waals surface area contributed by atoms with E-state index < -0.39 is 0 Å². The van der Waals surface area contributed by atoms with Gasteiger partial charge in [-0.3, -0.25) is 9.59 Å². The minimum atomic E-state index is -0.221. The lowest BCUT2D eigenvalue weighted by Crippen LogP contribution is -2.33. The molecule has 2 heterocycles. The molecule has 0 unspecified atom stereocenters. The highest BCUT2D eigenvalue weighted by Crippen LogP contribution is 2.31. The Morgan fingerprint density at radius 2 is 1.81 bits per heavy atom. The Hall–Kier alpha value is -3.16. The molecule has 5 nitrogen and oxygen atoms in total. The van der Waals surface area contributed by atoms with Crippen LogP contribution in [0.15, 0.2) is 65.7 Å². The predicted octanol–water partition coefficient (Wildman–Crippen LogP) is 5.75. The van der Waals surface area contributed by atoms with Crippen LogP contribution in [0.4, 0.5) is 4.39 Å². The number of carbonyl (C=O) groups excluding carboxylic acids is 2. The highest BCUT2D eigenvalue weighted by molar-refractivity contribution is 8.18. The van der Waals surface area contributed by atoms with Gasteiger partial charge >= 0.3 is 0 Å².